The van der Waals surface area contributed by atoms with Crippen molar-refractivity contribution < 1.29 is 4.79 Å². The smallest absolute Gasteiger partial charge is 0.253 e. The molecule has 2 aromatic rings. The fourth-order valence-electron chi connectivity index (χ4n) is 3.57. The highest BCUT2D eigenvalue weighted by atomic mass is 16.2. The van der Waals surface area contributed by atoms with Crippen molar-refractivity contribution in [3.63, 3.8) is 0 Å². The highest BCUT2D eigenvalue weighted by molar-refractivity contribution is 5.94. The number of piperazine rings is 1. The van der Waals surface area contributed by atoms with Gasteiger partial charge in [-0.05, 0) is 49.9 Å². The minimum atomic E-state index is 0.124. The van der Waals surface area contributed by atoms with Crippen LogP contribution in [0.1, 0.15) is 33.6 Å². The van der Waals surface area contributed by atoms with Gasteiger partial charge in [-0.1, -0.05) is 17.7 Å². The minimum Gasteiger partial charge on any atom is -0.352 e. The molecule has 0 unspecified atom stereocenters. The Bertz CT molecular complexity index is 766. The molecule has 1 amide bonds. The monoisotopic (exact) mass is 322 g/mol. The number of carbonyl (C=O) groups is 1. The predicted octanol–water partition coefficient (Wildman–Crippen LogP) is 2.24. The third kappa shape index (κ3) is 2.86. The van der Waals surface area contributed by atoms with Gasteiger partial charge in [0.15, 0.2) is 5.82 Å². The third-order valence-electron chi connectivity index (χ3n) is 4.96. The lowest BCUT2D eigenvalue weighted by Crippen LogP contribution is -2.49. The Morgan fingerprint density at radius 2 is 1.88 bits per heavy atom. The van der Waals surface area contributed by atoms with Crippen molar-refractivity contribution in [2.45, 2.75) is 26.2 Å². The molecule has 0 bridgehead atoms. The van der Waals surface area contributed by atoms with Gasteiger partial charge in [-0.3, -0.25) is 4.79 Å². The summed E-state index contributed by atoms with van der Waals surface area (Å²) in [5, 5.41) is 8.76. The molecule has 1 saturated heterocycles. The van der Waals surface area contributed by atoms with Crippen LogP contribution < -0.4 is 4.90 Å². The fourth-order valence-corrected chi connectivity index (χ4v) is 3.57. The Hall–Kier alpha value is -2.43. The van der Waals surface area contributed by atoms with Crippen molar-refractivity contribution in [1.82, 2.24) is 15.1 Å². The highest BCUT2D eigenvalue weighted by Gasteiger charge is 2.24. The van der Waals surface area contributed by atoms with Crippen LogP contribution in [0.4, 0.5) is 5.82 Å². The number of hydrogen-bond acceptors (Lipinski definition) is 4. The molecule has 1 aliphatic heterocycles. The molecule has 1 aromatic carbocycles. The van der Waals surface area contributed by atoms with E-state index in [9.17, 15) is 4.79 Å². The zero-order valence-electron chi connectivity index (χ0n) is 14.0. The van der Waals surface area contributed by atoms with Gasteiger partial charge in [0.1, 0.15) is 0 Å². The fraction of sp³-hybridized carbons (Fsp3) is 0.421. The van der Waals surface area contributed by atoms with Crippen molar-refractivity contribution in [2.75, 3.05) is 31.1 Å². The summed E-state index contributed by atoms with van der Waals surface area (Å²) in [7, 11) is 0. The van der Waals surface area contributed by atoms with Crippen molar-refractivity contribution >= 4 is 11.7 Å². The number of carbonyl (C=O) groups excluding carboxylic acids is 1. The lowest BCUT2D eigenvalue weighted by Gasteiger charge is -2.35. The maximum Gasteiger partial charge on any atom is 0.253 e. The van der Waals surface area contributed by atoms with Gasteiger partial charge in [-0.15, -0.1) is 5.10 Å². The summed E-state index contributed by atoms with van der Waals surface area (Å²) in [6, 6.07) is 10.0. The van der Waals surface area contributed by atoms with Crippen LogP contribution >= 0.6 is 0 Å². The molecule has 5 heteroatoms. The van der Waals surface area contributed by atoms with Gasteiger partial charge in [0.25, 0.3) is 5.91 Å². The largest absolute Gasteiger partial charge is 0.352 e. The SMILES string of the molecule is Cc1cccc(C(=O)N2CCN(c3cc4c(nn3)CCC4)CC2)c1. The number of hydrogen-bond donors (Lipinski definition) is 0. The second-order valence-corrected chi connectivity index (χ2v) is 6.68. The zero-order valence-corrected chi connectivity index (χ0v) is 14.0. The molecule has 1 aliphatic carbocycles. The number of rotatable bonds is 2. The molecule has 124 valence electrons. The van der Waals surface area contributed by atoms with Crippen LogP contribution in [0.25, 0.3) is 0 Å². The molecular formula is C19H22N4O. The molecule has 24 heavy (non-hydrogen) atoms. The molecule has 5 nitrogen and oxygen atoms in total. The molecule has 0 atom stereocenters. The zero-order chi connectivity index (χ0) is 16.5. The van der Waals surface area contributed by atoms with E-state index in [0.29, 0.717) is 0 Å². The minimum absolute atomic E-state index is 0.124. The molecule has 0 N–H and O–H groups in total. The Morgan fingerprint density at radius 3 is 2.67 bits per heavy atom. The van der Waals surface area contributed by atoms with Gasteiger partial charge in [-0.2, -0.15) is 5.10 Å². The van der Waals surface area contributed by atoms with Gasteiger partial charge in [0.2, 0.25) is 0 Å². The van der Waals surface area contributed by atoms with Gasteiger partial charge in [0.05, 0.1) is 5.69 Å². The van der Waals surface area contributed by atoms with Crippen LogP contribution in [0, 0.1) is 6.92 Å². The quantitative estimate of drug-likeness (QED) is 0.851. The normalized spacial score (nSPS) is 17.0. The molecule has 4 rings (SSSR count). The molecule has 0 saturated carbocycles. The first-order valence-electron chi connectivity index (χ1n) is 8.67. The average molecular weight is 322 g/mol. The standard InChI is InChI=1S/C19H22N4O/c1-14-4-2-6-16(12-14)19(24)23-10-8-22(9-11-23)18-13-15-5-3-7-17(15)20-21-18/h2,4,6,12-13H,3,5,7-11H2,1H3. The molecule has 0 radical (unpaired) electrons. The second kappa shape index (κ2) is 6.23. The van der Waals surface area contributed by atoms with Crippen LogP contribution in [-0.2, 0) is 12.8 Å². The van der Waals surface area contributed by atoms with Gasteiger partial charge < -0.3 is 9.80 Å². The summed E-state index contributed by atoms with van der Waals surface area (Å²) < 4.78 is 0. The Morgan fingerprint density at radius 1 is 1.04 bits per heavy atom. The number of amides is 1. The van der Waals surface area contributed by atoms with E-state index in [1.54, 1.807) is 0 Å². The Labute approximate surface area is 142 Å². The summed E-state index contributed by atoms with van der Waals surface area (Å²) in [6.07, 6.45) is 3.36. The van der Waals surface area contributed by atoms with Crippen LogP contribution in [0.5, 0.6) is 0 Å². The predicted molar refractivity (Wildman–Crippen MR) is 93.4 cm³/mol. The van der Waals surface area contributed by atoms with E-state index in [1.165, 1.54) is 12.0 Å². The third-order valence-corrected chi connectivity index (χ3v) is 4.96. The number of benzene rings is 1. The molecule has 0 spiro atoms. The van der Waals surface area contributed by atoms with Crippen LogP contribution in [0.3, 0.4) is 0 Å². The number of aryl methyl sites for hydroxylation is 3. The average Bonchev–Trinajstić information content (AvgIpc) is 3.09. The first-order valence-corrected chi connectivity index (χ1v) is 8.67. The van der Waals surface area contributed by atoms with E-state index in [1.807, 2.05) is 36.1 Å². The number of fused-ring (bicyclic) bond motifs is 1. The number of nitrogens with zero attached hydrogens (tertiary/aromatic N) is 4. The van der Waals surface area contributed by atoms with Gasteiger partial charge >= 0.3 is 0 Å². The maximum atomic E-state index is 12.6. The summed E-state index contributed by atoms with van der Waals surface area (Å²) in [5.74, 6) is 1.08. The van der Waals surface area contributed by atoms with Crippen molar-refractivity contribution in [2.24, 2.45) is 0 Å². The lowest BCUT2D eigenvalue weighted by molar-refractivity contribution is 0.0746. The summed E-state index contributed by atoms with van der Waals surface area (Å²) in [4.78, 5) is 16.8. The van der Waals surface area contributed by atoms with E-state index in [2.05, 4.69) is 21.2 Å². The van der Waals surface area contributed by atoms with Gasteiger partial charge in [0, 0.05) is 31.7 Å². The maximum absolute atomic E-state index is 12.6. The Kier molecular flexibility index (Phi) is 3.92. The summed E-state index contributed by atoms with van der Waals surface area (Å²) in [5.41, 5.74) is 4.40. The number of anilines is 1. The molecule has 1 aromatic heterocycles. The first-order chi connectivity index (χ1) is 11.7. The number of aromatic nitrogens is 2. The topological polar surface area (TPSA) is 49.3 Å². The summed E-state index contributed by atoms with van der Waals surface area (Å²) >= 11 is 0. The van der Waals surface area contributed by atoms with Crippen molar-refractivity contribution in [1.29, 1.82) is 0 Å². The van der Waals surface area contributed by atoms with Crippen LogP contribution in [0.15, 0.2) is 30.3 Å². The van der Waals surface area contributed by atoms with Crippen LogP contribution in [0.2, 0.25) is 0 Å². The molecule has 2 aliphatic rings. The second-order valence-electron chi connectivity index (χ2n) is 6.68. The van der Waals surface area contributed by atoms with E-state index < -0.39 is 0 Å². The Balaban J connectivity index is 1.42. The molecular weight excluding hydrogens is 300 g/mol. The van der Waals surface area contributed by atoms with E-state index >= 15 is 0 Å². The lowest BCUT2D eigenvalue weighted by atomic mass is 10.1. The first kappa shape index (κ1) is 15.1. The highest BCUT2D eigenvalue weighted by Crippen LogP contribution is 2.23. The van der Waals surface area contributed by atoms with E-state index in [0.717, 1.165) is 61.7 Å². The van der Waals surface area contributed by atoms with E-state index in [-0.39, 0.29) is 5.91 Å². The van der Waals surface area contributed by atoms with Crippen LogP contribution in [-0.4, -0.2) is 47.2 Å². The van der Waals surface area contributed by atoms with E-state index in [4.69, 9.17) is 0 Å². The van der Waals surface area contributed by atoms with Crippen molar-refractivity contribution in [3.8, 4) is 0 Å². The molecule has 2 heterocycles. The summed E-state index contributed by atoms with van der Waals surface area (Å²) in [6.45, 7) is 5.09. The van der Waals surface area contributed by atoms with Gasteiger partial charge in [-0.25, -0.2) is 0 Å². The molecule has 1 fully saturated rings. The van der Waals surface area contributed by atoms with Crippen molar-refractivity contribution in [3.05, 3.63) is 52.7 Å².